The molecular formula is C13H18ClNO2. The van der Waals surface area contributed by atoms with Gasteiger partial charge in [0, 0.05) is 18.0 Å². The molecule has 0 aliphatic heterocycles. The van der Waals surface area contributed by atoms with Crippen molar-refractivity contribution >= 4 is 17.6 Å². The Bertz CT molecular complexity index is 368. The number of hydrogen-bond acceptors (Lipinski definition) is 3. The van der Waals surface area contributed by atoms with Crippen LogP contribution in [0.2, 0.25) is 5.02 Å². The molecule has 0 radical (unpaired) electrons. The molecular weight excluding hydrogens is 238 g/mol. The molecule has 4 heteroatoms. The average molecular weight is 256 g/mol. The number of carbonyl (C=O) groups is 1. The molecule has 1 aromatic rings. The molecule has 1 aromatic carbocycles. The number of hydrogen-bond donors (Lipinski definition) is 0. The van der Waals surface area contributed by atoms with Gasteiger partial charge in [-0.2, -0.15) is 0 Å². The van der Waals surface area contributed by atoms with Gasteiger partial charge in [-0.1, -0.05) is 23.7 Å². The van der Waals surface area contributed by atoms with Crippen molar-refractivity contribution in [2.45, 2.75) is 19.4 Å². The topological polar surface area (TPSA) is 29.5 Å². The third-order valence-electron chi connectivity index (χ3n) is 2.49. The van der Waals surface area contributed by atoms with E-state index in [0.29, 0.717) is 6.42 Å². The Hall–Kier alpha value is -1.06. The molecule has 1 rings (SSSR count). The molecule has 3 nitrogen and oxygen atoms in total. The van der Waals surface area contributed by atoms with Gasteiger partial charge in [0.2, 0.25) is 0 Å². The summed E-state index contributed by atoms with van der Waals surface area (Å²) in [5.41, 5.74) is 1.18. The summed E-state index contributed by atoms with van der Waals surface area (Å²) in [6, 6.07) is 7.81. The summed E-state index contributed by atoms with van der Waals surface area (Å²) in [6.45, 7) is 1.70. The van der Waals surface area contributed by atoms with E-state index in [0.717, 1.165) is 24.5 Å². The second kappa shape index (κ2) is 7.30. The van der Waals surface area contributed by atoms with E-state index in [1.54, 1.807) is 0 Å². The Labute approximate surface area is 107 Å². The monoisotopic (exact) mass is 255 g/mol. The molecule has 0 atom stereocenters. The average Bonchev–Trinajstić information content (AvgIpc) is 2.28. The van der Waals surface area contributed by atoms with Crippen molar-refractivity contribution in [3.8, 4) is 0 Å². The van der Waals surface area contributed by atoms with E-state index in [1.165, 1.54) is 12.7 Å². The van der Waals surface area contributed by atoms with Crippen LogP contribution >= 0.6 is 11.6 Å². The molecule has 0 amide bonds. The fourth-order valence-corrected chi connectivity index (χ4v) is 1.83. The second-order valence-corrected chi connectivity index (χ2v) is 4.48. The standard InChI is InChI=1S/C13H18ClNO2/c1-15(8-4-7-13(16)17-2)10-11-5-3-6-12(14)9-11/h3,5-6,9H,4,7-8,10H2,1-2H3. The summed E-state index contributed by atoms with van der Waals surface area (Å²) in [5, 5.41) is 0.755. The second-order valence-electron chi connectivity index (χ2n) is 4.05. The number of rotatable bonds is 6. The molecule has 0 fully saturated rings. The molecule has 0 bridgehead atoms. The normalized spacial score (nSPS) is 10.6. The van der Waals surface area contributed by atoms with Gasteiger partial charge in [0.25, 0.3) is 0 Å². The first kappa shape index (κ1) is 14.0. The summed E-state index contributed by atoms with van der Waals surface area (Å²) in [5.74, 6) is -0.152. The molecule has 0 heterocycles. The minimum atomic E-state index is -0.152. The van der Waals surface area contributed by atoms with Crippen molar-refractivity contribution in [2.24, 2.45) is 0 Å². The first-order valence-electron chi connectivity index (χ1n) is 5.61. The van der Waals surface area contributed by atoms with Gasteiger partial charge in [-0.15, -0.1) is 0 Å². The Kier molecular flexibility index (Phi) is 6.01. The van der Waals surface area contributed by atoms with Crippen molar-refractivity contribution in [1.29, 1.82) is 0 Å². The third kappa shape index (κ3) is 5.71. The highest BCUT2D eigenvalue weighted by Crippen LogP contribution is 2.12. The van der Waals surface area contributed by atoms with Crippen LogP contribution in [0.5, 0.6) is 0 Å². The predicted octanol–water partition coefficient (Wildman–Crippen LogP) is 2.73. The smallest absolute Gasteiger partial charge is 0.305 e. The lowest BCUT2D eigenvalue weighted by atomic mass is 10.2. The van der Waals surface area contributed by atoms with Crippen molar-refractivity contribution < 1.29 is 9.53 Å². The minimum Gasteiger partial charge on any atom is -0.469 e. The highest BCUT2D eigenvalue weighted by molar-refractivity contribution is 6.30. The molecule has 0 saturated carbocycles. The fraction of sp³-hybridized carbons (Fsp3) is 0.462. The van der Waals surface area contributed by atoms with Gasteiger partial charge in [-0.05, 0) is 37.7 Å². The van der Waals surface area contributed by atoms with Crippen molar-refractivity contribution in [1.82, 2.24) is 4.90 Å². The van der Waals surface area contributed by atoms with Gasteiger partial charge in [-0.3, -0.25) is 4.79 Å². The molecule has 0 saturated heterocycles. The number of benzene rings is 1. The van der Waals surface area contributed by atoms with E-state index in [4.69, 9.17) is 11.6 Å². The minimum absolute atomic E-state index is 0.152. The summed E-state index contributed by atoms with van der Waals surface area (Å²) >= 11 is 5.91. The van der Waals surface area contributed by atoms with E-state index in [1.807, 2.05) is 31.3 Å². The summed E-state index contributed by atoms with van der Waals surface area (Å²) < 4.78 is 4.59. The molecule has 0 aromatic heterocycles. The van der Waals surface area contributed by atoms with Gasteiger partial charge in [0.15, 0.2) is 0 Å². The highest BCUT2D eigenvalue weighted by Gasteiger charge is 2.04. The maximum Gasteiger partial charge on any atom is 0.305 e. The Morgan fingerprint density at radius 2 is 2.24 bits per heavy atom. The first-order valence-corrected chi connectivity index (χ1v) is 5.99. The number of nitrogens with zero attached hydrogens (tertiary/aromatic N) is 1. The molecule has 0 aliphatic rings. The SMILES string of the molecule is COC(=O)CCCN(C)Cc1cccc(Cl)c1. The Balaban J connectivity index is 2.29. The Morgan fingerprint density at radius 3 is 2.88 bits per heavy atom. The lowest BCUT2D eigenvalue weighted by Gasteiger charge is -2.16. The lowest BCUT2D eigenvalue weighted by molar-refractivity contribution is -0.140. The van der Waals surface area contributed by atoms with Crippen LogP contribution in [-0.2, 0) is 16.1 Å². The van der Waals surface area contributed by atoms with Gasteiger partial charge < -0.3 is 9.64 Å². The van der Waals surface area contributed by atoms with Crippen LogP contribution in [-0.4, -0.2) is 31.6 Å². The fourth-order valence-electron chi connectivity index (χ4n) is 1.62. The van der Waals surface area contributed by atoms with E-state index in [-0.39, 0.29) is 5.97 Å². The van der Waals surface area contributed by atoms with Crippen LogP contribution in [0.1, 0.15) is 18.4 Å². The van der Waals surface area contributed by atoms with Crippen LogP contribution < -0.4 is 0 Å². The molecule has 94 valence electrons. The lowest BCUT2D eigenvalue weighted by Crippen LogP contribution is -2.20. The predicted molar refractivity (Wildman–Crippen MR) is 69.0 cm³/mol. The highest BCUT2D eigenvalue weighted by atomic mass is 35.5. The van der Waals surface area contributed by atoms with E-state index in [9.17, 15) is 4.79 Å². The molecule has 0 spiro atoms. The zero-order valence-corrected chi connectivity index (χ0v) is 11.0. The van der Waals surface area contributed by atoms with Crippen LogP contribution in [0.3, 0.4) is 0 Å². The van der Waals surface area contributed by atoms with E-state index >= 15 is 0 Å². The number of methoxy groups -OCH3 is 1. The van der Waals surface area contributed by atoms with Crippen LogP contribution in [0.25, 0.3) is 0 Å². The zero-order valence-electron chi connectivity index (χ0n) is 10.3. The van der Waals surface area contributed by atoms with E-state index < -0.39 is 0 Å². The van der Waals surface area contributed by atoms with Crippen LogP contribution in [0, 0.1) is 0 Å². The van der Waals surface area contributed by atoms with Crippen LogP contribution in [0.15, 0.2) is 24.3 Å². The maximum absolute atomic E-state index is 10.9. The Morgan fingerprint density at radius 1 is 1.47 bits per heavy atom. The number of carbonyl (C=O) groups excluding carboxylic acids is 1. The number of halogens is 1. The van der Waals surface area contributed by atoms with Gasteiger partial charge in [0.05, 0.1) is 7.11 Å². The largest absolute Gasteiger partial charge is 0.469 e. The molecule has 0 N–H and O–H groups in total. The van der Waals surface area contributed by atoms with Crippen molar-refractivity contribution in [3.05, 3.63) is 34.9 Å². The quantitative estimate of drug-likeness (QED) is 0.732. The van der Waals surface area contributed by atoms with Crippen molar-refractivity contribution in [3.63, 3.8) is 0 Å². The van der Waals surface area contributed by atoms with Crippen molar-refractivity contribution in [2.75, 3.05) is 20.7 Å². The van der Waals surface area contributed by atoms with Crippen LogP contribution in [0.4, 0.5) is 0 Å². The van der Waals surface area contributed by atoms with E-state index in [2.05, 4.69) is 9.64 Å². The zero-order chi connectivity index (χ0) is 12.7. The van der Waals surface area contributed by atoms with Gasteiger partial charge in [0.1, 0.15) is 0 Å². The van der Waals surface area contributed by atoms with Gasteiger partial charge in [-0.25, -0.2) is 0 Å². The number of esters is 1. The first-order chi connectivity index (χ1) is 8.11. The molecule has 0 unspecified atom stereocenters. The summed E-state index contributed by atoms with van der Waals surface area (Å²) in [4.78, 5) is 13.1. The number of ether oxygens (including phenoxy) is 1. The summed E-state index contributed by atoms with van der Waals surface area (Å²) in [7, 11) is 3.44. The molecule has 17 heavy (non-hydrogen) atoms. The molecule has 0 aliphatic carbocycles. The maximum atomic E-state index is 10.9. The third-order valence-corrected chi connectivity index (χ3v) is 2.73. The van der Waals surface area contributed by atoms with Gasteiger partial charge >= 0.3 is 5.97 Å². The summed E-state index contributed by atoms with van der Waals surface area (Å²) in [6.07, 6.45) is 1.28.